The van der Waals surface area contributed by atoms with Gasteiger partial charge in [-0.1, -0.05) is 0 Å². The molecular formula is C8H7F3O4. The van der Waals surface area contributed by atoms with Crippen LogP contribution in [0.4, 0.5) is 13.2 Å². The summed E-state index contributed by atoms with van der Waals surface area (Å²) in [6.45, 7) is 0. The number of esters is 1. The number of rotatable bonds is 2. The highest BCUT2D eigenvalue weighted by Crippen LogP contribution is 2.33. The molecule has 0 bridgehead atoms. The van der Waals surface area contributed by atoms with E-state index in [9.17, 15) is 18.0 Å². The Morgan fingerprint density at radius 2 is 2.13 bits per heavy atom. The van der Waals surface area contributed by atoms with Gasteiger partial charge in [-0.25, -0.2) is 4.79 Å². The number of hydrogen-bond acceptors (Lipinski definition) is 4. The van der Waals surface area contributed by atoms with Gasteiger partial charge in [-0.2, -0.15) is 13.2 Å². The Morgan fingerprint density at radius 1 is 1.53 bits per heavy atom. The number of hydrogen-bond donors (Lipinski definition) is 1. The molecule has 0 aromatic carbocycles. The van der Waals surface area contributed by atoms with Crippen LogP contribution in [0.5, 0.6) is 0 Å². The fraction of sp³-hybridized carbons (Fsp3) is 0.375. The second kappa shape index (κ2) is 3.93. The third-order valence-electron chi connectivity index (χ3n) is 1.59. The van der Waals surface area contributed by atoms with E-state index in [0.717, 1.165) is 19.2 Å². The van der Waals surface area contributed by atoms with E-state index in [1.165, 1.54) is 0 Å². The summed E-state index contributed by atoms with van der Waals surface area (Å²) in [5.41, 5.74) is 0. The molecule has 15 heavy (non-hydrogen) atoms. The predicted octanol–water partition coefficient (Wildman–Crippen LogP) is 1.66. The van der Waals surface area contributed by atoms with Gasteiger partial charge in [0.15, 0.2) is 0 Å². The highest BCUT2D eigenvalue weighted by atomic mass is 19.4. The molecule has 1 atom stereocenters. The Bertz CT molecular complexity index is 355. The molecule has 1 heterocycles. The molecule has 0 unspecified atom stereocenters. The molecular weight excluding hydrogens is 217 g/mol. The number of methoxy groups -OCH3 is 1. The summed E-state index contributed by atoms with van der Waals surface area (Å²) in [4.78, 5) is 10.8. The van der Waals surface area contributed by atoms with Crippen LogP contribution in [0.25, 0.3) is 0 Å². The quantitative estimate of drug-likeness (QED) is 0.776. The van der Waals surface area contributed by atoms with Gasteiger partial charge in [0.2, 0.25) is 11.9 Å². The molecule has 0 amide bonds. The summed E-state index contributed by atoms with van der Waals surface area (Å²) in [5.74, 6) is -2.05. The Kier molecular flexibility index (Phi) is 3.04. The van der Waals surface area contributed by atoms with Crippen molar-refractivity contribution < 1.29 is 32.2 Å². The normalized spacial score (nSPS) is 13.7. The predicted molar refractivity (Wildman–Crippen MR) is 41.1 cm³/mol. The van der Waals surface area contributed by atoms with E-state index in [-0.39, 0.29) is 0 Å². The third kappa shape index (κ3) is 2.50. The molecule has 7 heteroatoms. The van der Waals surface area contributed by atoms with Gasteiger partial charge in [-0.3, -0.25) is 0 Å². The minimum atomic E-state index is -4.83. The molecule has 0 fully saturated rings. The first-order chi connectivity index (χ1) is 6.86. The van der Waals surface area contributed by atoms with Crippen molar-refractivity contribution in [2.45, 2.75) is 12.3 Å². The number of aliphatic hydroxyl groups excluding tert-OH is 1. The number of halogens is 3. The van der Waals surface area contributed by atoms with Crippen LogP contribution in [0.1, 0.15) is 22.4 Å². The van der Waals surface area contributed by atoms with Gasteiger partial charge < -0.3 is 14.3 Å². The van der Waals surface area contributed by atoms with Gasteiger partial charge >= 0.3 is 12.1 Å². The van der Waals surface area contributed by atoms with Crippen molar-refractivity contribution >= 4 is 5.97 Å². The number of ether oxygens (including phenoxy) is 1. The molecule has 0 aliphatic rings. The van der Waals surface area contributed by atoms with Gasteiger partial charge in [-0.15, -0.1) is 0 Å². The first kappa shape index (κ1) is 11.6. The maximum atomic E-state index is 12.0. The van der Waals surface area contributed by atoms with Crippen molar-refractivity contribution in [2.75, 3.05) is 7.11 Å². The van der Waals surface area contributed by atoms with Crippen LogP contribution in [0.15, 0.2) is 16.5 Å². The second-order valence-corrected chi connectivity index (χ2v) is 2.64. The van der Waals surface area contributed by atoms with E-state index >= 15 is 0 Å². The van der Waals surface area contributed by atoms with Crippen LogP contribution in [0.2, 0.25) is 0 Å². The fourth-order valence-electron chi connectivity index (χ4n) is 0.871. The SMILES string of the molecule is COC(=O)c1ccc([C@@H](O)C(F)(F)F)o1. The van der Waals surface area contributed by atoms with E-state index in [0.29, 0.717) is 0 Å². The summed E-state index contributed by atoms with van der Waals surface area (Å²) in [6.07, 6.45) is -7.57. The first-order valence-electron chi connectivity index (χ1n) is 3.79. The Balaban J connectivity index is 2.89. The Labute approximate surface area is 82.3 Å². The van der Waals surface area contributed by atoms with Crippen molar-refractivity contribution in [1.82, 2.24) is 0 Å². The van der Waals surface area contributed by atoms with Gasteiger partial charge in [0, 0.05) is 0 Å². The van der Waals surface area contributed by atoms with Crippen LogP contribution in [-0.4, -0.2) is 24.4 Å². The molecule has 1 aromatic heterocycles. The van der Waals surface area contributed by atoms with Crippen LogP contribution >= 0.6 is 0 Å². The average Bonchev–Trinajstić information content (AvgIpc) is 2.62. The lowest BCUT2D eigenvalue weighted by molar-refractivity contribution is -0.211. The molecule has 1 aromatic rings. The fourth-order valence-corrected chi connectivity index (χ4v) is 0.871. The zero-order valence-electron chi connectivity index (χ0n) is 7.54. The Morgan fingerprint density at radius 3 is 2.60 bits per heavy atom. The third-order valence-corrected chi connectivity index (χ3v) is 1.59. The minimum Gasteiger partial charge on any atom is -0.463 e. The van der Waals surface area contributed by atoms with Crippen molar-refractivity contribution in [3.05, 3.63) is 23.7 Å². The number of carbonyl (C=O) groups excluding carboxylic acids is 1. The molecule has 0 radical (unpaired) electrons. The molecule has 1 N–H and O–H groups in total. The number of furan rings is 1. The standard InChI is InChI=1S/C8H7F3O4/c1-14-7(13)5-3-2-4(15-5)6(12)8(9,10)11/h2-3,6,12H,1H3/t6-/m1/s1. The molecule has 1 rings (SSSR count). The van der Waals surface area contributed by atoms with Crippen molar-refractivity contribution in [1.29, 1.82) is 0 Å². The van der Waals surface area contributed by atoms with Crippen LogP contribution in [-0.2, 0) is 4.74 Å². The highest BCUT2D eigenvalue weighted by molar-refractivity contribution is 5.86. The van der Waals surface area contributed by atoms with Gasteiger partial charge in [0.05, 0.1) is 7.11 Å². The molecule has 0 saturated heterocycles. The van der Waals surface area contributed by atoms with E-state index in [2.05, 4.69) is 9.15 Å². The first-order valence-corrected chi connectivity index (χ1v) is 3.79. The molecule has 0 saturated carbocycles. The molecule has 0 spiro atoms. The monoisotopic (exact) mass is 224 g/mol. The summed E-state index contributed by atoms with van der Waals surface area (Å²) in [6, 6.07) is 1.86. The zero-order valence-corrected chi connectivity index (χ0v) is 7.54. The lowest BCUT2D eigenvalue weighted by Gasteiger charge is -2.11. The molecule has 4 nitrogen and oxygen atoms in total. The average molecular weight is 224 g/mol. The number of aliphatic hydroxyl groups is 1. The van der Waals surface area contributed by atoms with Crippen LogP contribution in [0, 0.1) is 0 Å². The number of alkyl halides is 3. The maximum absolute atomic E-state index is 12.0. The zero-order chi connectivity index (χ0) is 11.6. The van der Waals surface area contributed by atoms with E-state index < -0.39 is 29.8 Å². The van der Waals surface area contributed by atoms with E-state index in [1.807, 2.05) is 0 Å². The number of carbonyl (C=O) groups is 1. The highest BCUT2D eigenvalue weighted by Gasteiger charge is 2.41. The van der Waals surface area contributed by atoms with Crippen molar-refractivity contribution in [2.24, 2.45) is 0 Å². The van der Waals surface area contributed by atoms with Gasteiger partial charge in [0.25, 0.3) is 0 Å². The lowest BCUT2D eigenvalue weighted by Crippen LogP contribution is -2.19. The van der Waals surface area contributed by atoms with E-state index in [1.54, 1.807) is 0 Å². The largest absolute Gasteiger partial charge is 0.463 e. The molecule has 0 aliphatic carbocycles. The summed E-state index contributed by atoms with van der Waals surface area (Å²) in [7, 11) is 1.06. The van der Waals surface area contributed by atoms with Gasteiger partial charge in [-0.05, 0) is 12.1 Å². The maximum Gasteiger partial charge on any atom is 0.421 e. The second-order valence-electron chi connectivity index (χ2n) is 2.64. The lowest BCUT2D eigenvalue weighted by atomic mass is 10.3. The molecule has 0 aliphatic heterocycles. The van der Waals surface area contributed by atoms with Crippen LogP contribution in [0.3, 0.4) is 0 Å². The Hall–Kier alpha value is -1.50. The smallest absolute Gasteiger partial charge is 0.421 e. The van der Waals surface area contributed by atoms with Crippen LogP contribution < -0.4 is 0 Å². The summed E-state index contributed by atoms with van der Waals surface area (Å²) in [5, 5.41) is 8.75. The summed E-state index contributed by atoms with van der Waals surface area (Å²) < 4.78 is 44.7. The van der Waals surface area contributed by atoms with Gasteiger partial charge in [0.1, 0.15) is 5.76 Å². The topological polar surface area (TPSA) is 59.7 Å². The van der Waals surface area contributed by atoms with Crippen molar-refractivity contribution in [3.63, 3.8) is 0 Å². The minimum absolute atomic E-state index is 0.393. The van der Waals surface area contributed by atoms with E-state index in [4.69, 9.17) is 5.11 Å². The summed E-state index contributed by atoms with van der Waals surface area (Å²) >= 11 is 0. The molecule has 84 valence electrons. The van der Waals surface area contributed by atoms with Crippen molar-refractivity contribution in [3.8, 4) is 0 Å².